The zero-order valence-electron chi connectivity index (χ0n) is 22.8. The molecule has 4 aromatic rings. The Hall–Kier alpha value is -3.94. The summed E-state index contributed by atoms with van der Waals surface area (Å²) in [4.78, 5) is 26.2. The van der Waals surface area contributed by atoms with Gasteiger partial charge in [0.2, 0.25) is 0 Å². The standard InChI is InChI=1S/C33H29F4NO3/c1-18-6-8-20(9-7-18)30-28(31(40)38-2)27-25(41-30)13-23(10-11-33(35,36)37)26(29(27)34)22-5-3-4-21(12-22)24(39)17-32-14-19(15-32)16-32/h3-9,12-13,19H,10-11,14-17H2,1-2H3,(H,38,40). The number of nitrogens with one attached hydrogen (secondary N) is 1. The van der Waals surface area contributed by atoms with E-state index in [1.54, 1.807) is 36.4 Å². The monoisotopic (exact) mass is 563 g/mol. The Bertz CT molecular complexity index is 1670. The first-order valence-electron chi connectivity index (χ1n) is 13.7. The maximum absolute atomic E-state index is 16.7. The molecule has 8 heteroatoms. The first-order valence-corrected chi connectivity index (χ1v) is 13.7. The first kappa shape index (κ1) is 27.2. The second kappa shape index (κ2) is 9.86. The summed E-state index contributed by atoms with van der Waals surface area (Å²) in [6.07, 6.45) is -2.55. The number of halogens is 4. The Morgan fingerprint density at radius 1 is 1.02 bits per heavy atom. The van der Waals surface area contributed by atoms with E-state index in [2.05, 4.69) is 5.32 Å². The Kier molecular flexibility index (Phi) is 6.55. The van der Waals surface area contributed by atoms with Gasteiger partial charge in [0.25, 0.3) is 5.91 Å². The third-order valence-corrected chi connectivity index (χ3v) is 8.62. The molecule has 2 bridgehead atoms. The summed E-state index contributed by atoms with van der Waals surface area (Å²) in [5.41, 5.74) is 2.22. The van der Waals surface area contributed by atoms with Gasteiger partial charge in [-0.2, -0.15) is 13.2 Å². The van der Waals surface area contributed by atoms with Gasteiger partial charge >= 0.3 is 6.18 Å². The van der Waals surface area contributed by atoms with Crippen molar-refractivity contribution in [3.05, 3.63) is 82.7 Å². The lowest BCUT2D eigenvalue weighted by atomic mass is 9.43. The highest BCUT2D eigenvalue weighted by atomic mass is 19.4. The predicted octanol–water partition coefficient (Wildman–Crippen LogP) is 8.44. The molecule has 41 heavy (non-hydrogen) atoms. The van der Waals surface area contributed by atoms with Gasteiger partial charge in [0.05, 0.1) is 10.9 Å². The van der Waals surface area contributed by atoms with Crippen molar-refractivity contribution in [2.75, 3.05) is 7.05 Å². The molecule has 1 aromatic heterocycles. The molecule has 212 valence electrons. The maximum atomic E-state index is 16.7. The van der Waals surface area contributed by atoms with Crippen LogP contribution in [-0.4, -0.2) is 24.9 Å². The van der Waals surface area contributed by atoms with Gasteiger partial charge in [-0.05, 0) is 67.2 Å². The van der Waals surface area contributed by atoms with Crippen molar-refractivity contribution in [2.45, 2.75) is 51.6 Å². The molecular weight excluding hydrogens is 534 g/mol. The van der Waals surface area contributed by atoms with Gasteiger partial charge in [-0.3, -0.25) is 9.59 Å². The molecule has 3 saturated carbocycles. The minimum atomic E-state index is -4.47. The molecule has 0 atom stereocenters. The highest BCUT2D eigenvalue weighted by molar-refractivity contribution is 6.12. The van der Waals surface area contributed by atoms with Gasteiger partial charge in [-0.15, -0.1) is 0 Å². The third-order valence-electron chi connectivity index (χ3n) is 8.62. The van der Waals surface area contributed by atoms with Gasteiger partial charge in [0, 0.05) is 36.6 Å². The highest BCUT2D eigenvalue weighted by Gasteiger charge is 2.56. The average molecular weight is 564 g/mol. The topological polar surface area (TPSA) is 59.3 Å². The minimum absolute atomic E-state index is 0.0200. The molecule has 0 spiro atoms. The van der Waals surface area contributed by atoms with Crippen molar-refractivity contribution >= 4 is 22.7 Å². The molecule has 0 radical (unpaired) electrons. The van der Waals surface area contributed by atoms with Crippen LogP contribution in [0, 0.1) is 24.1 Å². The van der Waals surface area contributed by atoms with Crippen LogP contribution in [0.2, 0.25) is 0 Å². The second-order valence-electron chi connectivity index (χ2n) is 11.6. The lowest BCUT2D eigenvalue weighted by molar-refractivity contribution is -0.133. The fourth-order valence-corrected chi connectivity index (χ4v) is 6.47. The minimum Gasteiger partial charge on any atom is -0.455 e. The van der Waals surface area contributed by atoms with Crippen LogP contribution in [0.3, 0.4) is 0 Å². The van der Waals surface area contributed by atoms with Gasteiger partial charge in [0.1, 0.15) is 17.2 Å². The number of carbonyl (C=O) groups excluding carboxylic acids is 2. The number of carbonyl (C=O) groups is 2. The molecule has 0 saturated heterocycles. The number of hydrogen-bond donors (Lipinski definition) is 1. The first-order chi connectivity index (χ1) is 19.5. The van der Waals surface area contributed by atoms with Crippen molar-refractivity contribution in [1.29, 1.82) is 0 Å². The van der Waals surface area contributed by atoms with E-state index in [0.717, 1.165) is 30.7 Å². The number of alkyl halides is 3. The summed E-state index contributed by atoms with van der Waals surface area (Å²) in [5, 5.41) is 2.41. The number of rotatable bonds is 8. The van der Waals surface area contributed by atoms with Gasteiger partial charge < -0.3 is 9.73 Å². The molecule has 3 fully saturated rings. The number of benzene rings is 3. The maximum Gasteiger partial charge on any atom is 0.389 e. The van der Waals surface area contributed by atoms with Crippen LogP contribution < -0.4 is 5.32 Å². The highest BCUT2D eigenvalue weighted by Crippen LogP contribution is 2.66. The summed E-state index contributed by atoms with van der Waals surface area (Å²) in [6.45, 7) is 1.90. The Morgan fingerprint density at radius 3 is 2.34 bits per heavy atom. The average Bonchev–Trinajstić information content (AvgIpc) is 3.28. The van der Waals surface area contributed by atoms with Crippen LogP contribution in [-0.2, 0) is 6.42 Å². The molecule has 3 aromatic carbocycles. The zero-order valence-corrected chi connectivity index (χ0v) is 22.8. The quantitative estimate of drug-likeness (QED) is 0.173. The Morgan fingerprint density at radius 2 is 1.73 bits per heavy atom. The Balaban J connectivity index is 1.52. The number of hydrogen-bond acceptors (Lipinski definition) is 3. The molecule has 4 nitrogen and oxygen atoms in total. The van der Waals surface area contributed by atoms with Crippen molar-refractivity contribution in [2.24, 2.45) is 11.3 Å². The van der Waals surface area contributed by atoms with E-state index in [1.807, 2.05) is 19.1 Å². The molecule has 0 unspecified atom stereocenters. The van der Waals surface area contributed by atoms with Crippen LogP contribution in [0.1, 0.15) is 63.9 Å². The van der Waals surface area contributed by atoms with E-state index < -0.39 is 30.7 Å². The second-order valence-corrected chi connectivity index (χ2v) is 11.6. The number of fused-ring (bicyclic) bond motifs is 1. The summed E-state index contributed by atoms with van der Waals surface area (Å²) < 4.78 is 62.6. The van der Waals surface area contributed by atoms with Crippen LogP contribution in [0.15, 0.2) is 59.0 Å². The van der Waals surface area contributed by atoms with E-state index in [9.17, 15) is 22.8 Å². The van der Waals surface area contributed by atoms with E-state index >= 15 is 4.39 Å². The number of amides is 1. The molecular formula is C33H29F4NO3. The molecule has 0 aliphatic heterocycles. The molecule has 3 aliphatic rings. The summed E-state index contributed by atoms with van der Waals surface area (Å²) >= 11 is 0. The van der Waals surface area contributed by atoms with E-state index in [0.29, 0.717) is 17.5 Å². The number of Topliss-reactive ketones (excluding diaryl/α,β-unsaturated/α-hetero) is 1. The van der Waals surface area contributed by atoms with Crippen molar-refractivity contribution in [3.63, 3.8) is 0 Å². The smallest absolute Gasteiger partial charge is 0.389 e. The van der Waals surface area contributed by atoms with E-state index in [4.69, 9.17) is 4.42 Å². The van der Waals surface area contributed by atoms with Crippen LogP contribution in [0.25, 0.3) is 33.4 Å². The number of furan rings is 1. The van der Waals surface area contributed by atoms with Crippen molar-refractivity contribution in [1.82, 2.24) is 5.32 Å². The van der Waals surface area contributed by atoms with Crippen molar-refractivity contribution in [3.8, 4) is 22.5 Å². The lowest BCUT2D eigenvalue weighted by Gasteiger charge is -2.62. The molecule has 1 N–H and O–H groups in total. The SMILES string of the molecule is CNC(=O)c1c(-c2ccc(C)cc2)oc2cc(CCC(F)(F)F)c(-c3cccc(C(=O)CC45CC(C4)C5)c3)c(F)c12. The Labute approximate surface area is 234 Å². The largest absolute Gasteiger partial charge is 0.455 e. The van der Waals surface area contributed by atoms with E-state index in [-0.39, 0.29) is 50.2 Å². The number of ketones is 1. The third kappa shape index (κ3) is 4.94. The van der Waals surface area contributed by atoms with Crippen LogP contribution in [0.5, 0.6) is 0 Å². The fraction of sp³-hybridized carbons (Fsp3) is 0.333. The molecule has 1 heterocycles. The van der Waals surface area contributed by atoms with Gasteiger partial charge in [-0.25, -0.2) is 4.39 Å². The predicted molar refractivity (Wildman–Crippen MR) is 148 cm³/mol. The van der Waals surface area contributed by atoms with Crippen molar-refractivity contribution < 1.29 is 31.6 Å². The number of aryl methyl sites for hydroxylation is 2. The normalized spacial score (nSPS) is 19.5. The van der Waals surface area contributed by atoms with Crippen LogP contribution >= 0.6 is 0 Å². The fourth-order valence-electron chi connectivity index (χ4n) is 6.47. The molecule has 7 rings (SSSR count). The molecule has 1 amide bonds. The summed E-state index contributed by atoms with van der Waals surface area (Å²) in [7, 11) is 1.41. The lowest BCUT2D eigenvalue weighted by Crippen LogP contribution is -2.52. The summed E-state index contributed by atoms with van der Waals surface area (Å²) in [5.74, 6) is -0.654. The zero-order chi connectivity index (χ0) is 29.1. The van der Waals surface area contributed by atoms with Crippen LogP contribution in [0.4, 0.5) is 17.6 Å². The summed E-state index contributed by atoms with van der Waals surface area (Å²) in [6, 6.07) is 14.9. The van der Waals surface area contributed by atoms with Gasteiger partial charge in [0.15, 0.2) is 5.78 Å². The molecule has 3 aliphatic carbocycles. The van der Waals surface area contributed by atoms with Gasteiger partial charge in [-0.1, -0.05) is 48.0 Å². The van der Waals surface area contributed by atoms with E-state index in [1.165, 1.54) is 13.1 Å².